The Labute approximate surface area is 209 Å². The summed E-state index contributed by atoms with van der Waals surface area (Å²) in [4.78, 5) is 44.3. The smallest absolute Gasteiger partial charge is 0.312 e. The number of carbonyl (C=O) groups excluding carboxylic acids is 3. The topological polar surface area (TPSA) is 96.4 Å². The van der Waals surface area contributed by atoms with E-state index in [4.69, 9.17) is 9.47 Å². The van der Waals surface area contributed by atoms with E-state index in [9.17, 15) is 19.5 Å². The lowest BCUT2D eigenvalue weighted by molar-refractivity contribution is -0.160. The zero-order valence-electron chi connectivity index (χ0n) is 21.5. The number of unbranched alkanes of at least 4 members (excludes halogenated alkanes) is 2. The standard InChI is InChI=1S/C27H42N2O6/c1-6-9-10-11-18-34-25(33)21-20-23(31)29(16-17-30)22(27(20)14-13-26(21,5)35-27)24(32)28(15-8-3)19(4)12-7-2/h6,8,19-22,30H,1,3,7,9-18H2,2,4-5H3/t19?,20-,21-,22?,26+,27?/m0/s1. The van der Waals surface area contributed by atoms with Crippen molar-refractivity contribution in [2.45, 2.75) is 89.0 Å². The molecule has 3 aliphatic rings. The van der Waals surface area contributed by atoms with Crippen LogP contribution in [-0.2, 0) is 23.9 Å². The van der Waals surface area contributed by atoms with Gasteiger partial charge >= 0.3 is 5.97 Å². The van der Waals surface area contributed by atoms with Crippen LogP contribution in [0.2, 0.25) is 0 Å². The Kier molecular flexibility index (Phi) is 8.81. The number of esters is 1. The minimum atomic E-state index is -1.10. The summed E-state index contributed by atoms with van der Waals surface area (Å²) in [5.41, 5.74) is -1.96. The highest BCUT2D eigenvalue weighted by molar-refractivity contribution is 5.98. The molecule has 1 N–H and O–H groups in total. The molecule has 0 aliphatic carbocycles. The van der Waals surface area contributed by atoms with Crippen molar-refractivity contribution < 1.29 is 29.0 Å². The average molecular weight is 491 g/mol. The zero-order valence-corrected chi connectivity index (χ0v) is 21.5. The molecule has 3 heterocycles. The fraction of sp³-hybridized carbons (Fsp3) is 0.741. The number of nitrogens with zero attached hydrogens (tertiary/aromatic N) is 2. The molecule has 3 saturated heterocycles. The Morgan fingerprint density at radius 1 is 1.31 bits per heavy atom. The molecule has 0 saturated carbocycles. The second-order valence-corrected chi connectivity index (χ2v) is 10.4. The molecule has 3 fully saturated rings. The van der Waals surface area contributed by atoms with Gasteiger partial charge in [0.2, 0.25) is 11.8 Å². The van der Waals surface area contributed by atoms with E-state index in [0.717, 1.165) is 32.1 Å². The highest BCUT2D eigenvalue weighted by Crippen LogP contribution is 2.63. The van der Waals surface area contributed by atoms with Crippen molar-refractivity contribution >= 4 is 17.8 Å². The third kappa shape index (κ3) is 4.79. The van der Waals surface area contributed by atoms with Crippen LogP contribution in [0.1, 0.15) is 65.7 Å². The predicted molar refractivity (Wildman–Crippen MR) is 132 cm³/mol. The summed E-state index contributed by atoms with van der Waals surface area (Å²) in [6.07, 6.45) is 8.76. The lowest BCUT2D eigenvalue weighted by Crippen LogP contribution is -2.58. The van der Waals surface area contributed by atoms with Crippen molar-refractivity contribution in [3.05, 3.63) is 25.3 Å². The van der Waals surface area contributed by atoms with Gasteiger partial charge in [0.1, 0.15) is 17.6 Å². The molecule has 6 atom stereocenters. The van der Waals surface area contributed by atoms with Crippen LogP contribution in [0.15, 0.2) is 25.3 Å². The van der Waals surface area contributed by atoms with Crippen LogP contribution in [0, 0.1) is 11.8 Å². The highest BCUT2D eigenvalue weighted by Gasteiger charge is 2.78. The Morgan fingerprint density at radius 3 is 2.69 bits per heavy atom. The van der Waals surface area contributed by atoms with Crippen molar-refractivity contribution in [2.75, 3.05) is 26.3 Å². The number of hydrogen-bond acceptors (Lipinski definition) is 6. The number of fused-ring (bicyclic) bond motifs is 1. The van der Waals surface area contributed by atoms with Crippen molar-refractivity contribution in [3.8, 4) is 0 Å². The van der Waals surface area contributed by atoms with Crippen LogP contribution in [0.5, 0.6) is 0 Å². The van der Waals surface area contributed by atoms with E-state index in [1.165, 1.54) is 4.90 Å². The largest absolute Gasteiger partial charge is 0.465 e. The number of β-amino-alcohol motifs (C(OH)–C–C–N with tert-alkyl or cyclic N) is 1. The minimum Gasteiger partial charge on any atom is -0.465 e. The number of amides is 2. The van der Waals surface area contributed by atoms with Crippen molar-refractivity contribution in [2.24, 2.45) is 11.8 Å². The number of allylic oxidation sites excluding steroid dienone is 1. The maximum atomic E-state index is 14.1. The van der Waals surface area contributed by atoms with Gasteiger partial charge in [-0.1, -0.05) is 25.5 Å². The maximum absolute atomic E-state index is 14.1. The first-order chi connectivity index (χ1) is 16.7. The van der Waals surface area contributed by atoms with E-state index >= 15 is 0 Å². The number of hydrogen-bond donors (Lipinski definition) is 1. The molecule has 196 valence electrons. The summed E-state index contributed by atoms with van der Waals surface area (Å²) in [5.74, 6) is -2.53. The molecule has 0 aromatic carbocycles. The summed E-state index contributed by atoms with van der Waals surface area (Å²) >= 11 is 0. The molecular formula is C27H42N2O6. The van der Waals surface area contributed by atoms with E-state index in [2.05, 4.69) is 20.1 Å². The Bertz CT molecular complexity index is 830. The van der Waals surface area contributed by atoms with Gasteiger partial charge in [0, 0.05) is 19.1 Å². The average Bonchev–Trinajstić information content (AvgIpc) is 3.38. The number of rotatable bonds is 14. The SMILES string of the molecule is C=CCCCCOC(=O)[C@@H]1[C@H]2C(=O)N(CCO)C(C(=O)N(CC=C)C(C)CCC)C23CC[C@@]1(C)O3. The van der Waals surface area contributed by atoms with Gasteiger partial charge in [-0.3, -0.25) is 14.4 Å². The Hall–Kier alpha value is -2.19. The van der Waals surface area contributed by atoms with E-state index in [1.807, 2.05) is 19.9 Å². The summed E-state index contributed by atoms with van der Waals surface area (Å²) in [6, 6.07) is -0.934. The van der Waals surface area contributed by atoms with Crippen LogP contribution >= 0.6 is 0 Å². The molecule has 3 rings (SSSR count). The molecule has 3 unspecified atom stereocenters. The molecule has 1 spiro atoms. The monoisotopic (exact) mass is 490 g/mol. The van der Waals surface area contributed by atoms with Gasteiger partial charge in [-0.2, -0.15) is 0 Å². The van der Waals surface area contributed by atoms with E-state index in [-0.39, 0.29) is 37.6 Å². The van der Waals surface area contributed by atoms with Gasteiger partial charge in [0.05, 0.1) is 24.7 Å². The normalized spacial score (nSPS) is 31.8. The first-order valence-electron chi connectivity index (χ1n) is 13.0. The Morgan fingerprint density at radius 2 is 2.06 bits per heavy atom. The number of aliphatic hydroxyl groups excluding tert-OH is 1. The zero-order chi connectivity index (χ0) is 25.8. The molecular weight excluding hydrogens is 448 g/mol. The number of aliphatic hydroxyl groups is 1. The fourth-order valence-corrected chi connectivity index (χ4v) is 6.42. The Balaban J connectivity index is 1.93. The summed E-state index contributed by atoms with van der Waals surface area (Å²) in [5, 5.41) is 9.75. The van der Waals surface area contributed by atoms with Crippen molar-refractivity contribution in [3.63, 3.8) is 0 Å². The second kappa shape index (κ2) is 11.2. The van der Waals surface area contributed by atoms with Crippen LogP contribution in [-0.4, -0.2) is 82.3 Å². The predicted octanol–water partition coefficient (Wildman–Crippen LogP) is 2.85. The molecule has 8 heteroatoms. The van der Waals surface area contributed by atoms with Crippen molar-refractivity contribution in [1.82, 2.24) is 9.80 Å². The minimum absolute atomic E-state index is 0.0149. The second-order valence-electron chi connectivity index (χ2n) is 10.4. The van der Waals surface area contributed by atoms with Gasteiger partial charge in [0.15, 0.2) is 0 Å². The van der Waals surface area contributed by atoms with Crippen LogP contribution in [0.25, 0.3) is 0 Å². The maximum Gasteiger partial charge on any atom is 0.312 e. The van der Waals surface area contributed by atoms with E-state index < -0.39 is 35.0 Å². The summed E-state index contributed by atoms with van der Waals surface area (Å²) in [6.45, 7) is 13.8. The molecule has 2 amide bonds. The van der Waals surface area contributed by atoms with Gasteiger partial charge in [-0.15, -0.1) is 13.2 Å². The van der Waals surface area contributed by atoms with Gasteiger partial charge in [-0.05, 0) is 52.4 Å². The summed E-state index contributed by atoms with van der Waals surface area (Å²) < 4.78 is 12.2. The molecule has 0 aromatic rings. The molecule has 0 aromatic heterocycles. The lowest BCUT2D eigenvalue weighted by Gasteiger charge is -2.38. The molecule has 0 radical (unpaired) electrons. The molecule has 8 nitrogen and oxygen atoms in total. The quantitative estimate of drug-likeness (QED) is 0.229. The first kappa shape index (κ1) is 27.4. The molecule has 35 heavy (non-hydrogen) atoms. The first-order valence-corrected chi connectivity index (χ1v) is 13.0. The third-order valence-corrected chi connectivity index (χ3v) is 8.00. The number of likely N-dealkylation sites (tertiary alicyclic amines) is 1. The van der Waals surface area contributed by atoms with Crippen LogP contribution < -0.4 is 0 Å². The van der Waals surface area contributed by atoms with Gasteiger partial charge < -0.3 is 24.4 Å². The number of ether oxygens (including phenoxy) is 2. The van der Waals surface area contributed by atoms with Gasteiger partial charge in [-0.25, -0.2) is 0 Å². The fourth-order valence-electron chi connectivity index (χ4n) is 6.42. The summed E-state index contributed by atoms with van der Waals surface area (Å²) in [7, 11) is 0. The van der Waals surface area contributed by atoms with Crippen LogP contribution in [0.3, 0.4) is 0 Å². The van der Waals surface area contributed by atoms with Crippen LogP contribution in [0.4, 0.5) is 0 Å². The molecule has 2 bridgehead atoms. The lowest BCUT2D eigenvalue weighted by atomic mass is 9.66. The van der Waals surface area contributed by atoms with E-state index in [1.54, 1.807) is 11.0 Å². The van der Waals surface area contributed by atoms with Crippen molar-refractivity contribution in [1.29, 1.82) is 0 Å². The molecule has 3 aliphatic heterocycles. The highest BCUT2D eigenvalue weighted by atomic mass is 16.6. The van der Waals surface area contributed by atoms with E-state index in [0.29, 0.717) is 19.4 Å². The third-order valence-electron chi connectivity index (χ3n) is 8.00. The van der Waals surface area contributed by atoms with Gasteiger partial charge in [0.25, 0.3) is 0 Å². The number of carbonyl (C=O) groups is 3.